The largest absolute Gasteiger partial charge is 0.506 e. The number of phenolic OH excluding ortho intramolecular Hbond substituents is 3. The second-order valence-electron chi connectivity index (χ2n) is 12.9. The fourth-order valence-electron chi connectivity index (χ4n) is 5.27. The van der Waals surface area contributed by atoms with Gasteiger partial charge in [-0.25, -0.2) is 0 Å². The Kier molecular flexibility index (Phi) is 13.5. The molecule has 0 spiro atoms. The van der Waals surface area contributed by atoms with Gasteiger partial charge in [-0.3, -0.25) is 18.2 Å². The number of benzene rings is 6. The lowest BCUT2D eigenvalue weighted by Crippen LogP contribution is -2.01. The van der Waals surface area contributed by atoms with Gasteiger partial charge >= 0.3 is 0 Å². The zero-order chi connectivity index (χ0) is 47.3. The normalized spacial score (nSPS) is 13.0. The average molecular weight is 965 g/mol. The van der Waals surface area contributed by atoms with Crippen molar-refractivity contribution in [3.8, 4) is 17.2 Å². The summed E-state index contributed by atoms with van der Waals surface area (Å²) in [6.07, 6.45) is 2.23. The third kappa shape index (κ3) is 12.2. The highest BCUT2D eigenvalue weighted by Gasteiger charge is 2.19. The monoisotopic (exact) mass is 964 g/mol. The van der Waals surface area contributed by atoms with Crippen LogP contribution in [-0.4, -0.2) is 67.2 Å². The summed E-state index contributed by atoms with van der Waals surface area (Å²) < 4.78 is 133. The minimum atomic E-state index is -5.00. The van der Waals surface area contributed by atoms with E-state index in [1.165, 1.54) is 54.6 Å². The van der Waals surface area contributed by atoms with Crippen LogP contribution in [0.15, 0.2) is 176 Å². The molecule has 0 unspecified atom stereocenters. The number of azo groups is 4. The van der Waals surface area contributed by atoms with Gasteiger partial charge in [0.1, 0.15) is 32.7 Å². The first-order chi connectivity index (χ1) is 30.5. The number of phenols is 3. The van der Waals surface area contributed by atoms with Gasteiger partial charge in [0.15, 0.2) is 11.4 Å². The SMILES string of the molecule is O=S(=O)(O)c1ccc(N=Nc2ccc(N=Nc3ccc(/C=C/c4ccc(N=Nc5c(O)ccc(N=Nc6cc(S(=O)(=O)O)ccc6O)c5O)cc4S(=O)(=O)O)c(S(=O)(=O)O)c3)cc2)cc1. The quantitative estimate of drug-likeness (QED) is 0.0303. The van der Waals surface area contributed by atoms with Crippen molar-refractivity contribution in [2.45, 2.75) is 19.6 Å². The van der Waals surface area contributed by atoms with E-state index in [0.717, 1.165) is 72.8 Å². The molecule has 0 saturated carbocycles. The Hall–Kier alpha value is -7.50. The molecule has 65 heavy (non-hydrogen) atoms. The Morgan fingerprint density at radius 1 is 0.354 bits per heavy atom. The van der Waals surface area contributed by atoms with Crippen LogP contribution in [0.25, 0.3) is 12.2 Å². The fraction of sp³-hybridized carbons (Fsp3) is 0. The molecule has 0 aromatic heterocycles. The number of hydrogen-bond donors (Lipinski definition) is 7. The Balaban J connectivity index is 1.20. The third-order valence-electron chi connectivity index (χ3n) is 8.42. The van der Waals surface area contributed by atoms with Gasteiger partial charge in [0, 0.05) is 0 Å². The summed E-state index contributed by atoms with van der Waals surface area (Å²) in [4.78, 5) is -2.31. The number of nitrogens with zero attached hydrogens (tertiary/aromatic N) is 8. The summed E-state index contributed by atoms with van der Waals surface area (Å²) in [6.45, 7) is 0. The molecule has 334 valence electrons. The van der Waals surface area contributed by atoms with Crippen molar-refractivity contribution in [3.05, 3.63) is 126 Å². The Bertz CT molecular complexity index is 3460. The molecule has 7 N–H and O–H groups in total. The molecule has 0 heterocycles. The third-order valence-corrected chi connectivity index (χ3v) is 12.0. The van der Waals surface area contributed by atoms with Crippen molar-refractivity contribution in [2.75, 3.05) is 0 Å². The van der Waals surface area contributed by atoms with E-state index in [2.05, 4.69) is 40.9 Å². The first kappa shape index (κ1) is 47.0. The standard InChI is InChI=1S/C38H28N8O15S4/c47-33-17-15-30(63(53,54)55)21-32(33)45-44-31-16-18-34(48)37(38(31)49)46-43-28-6-4-23(36(20-28)65(59,60)61)2-1-22-3-5-27(19-35(22)64(56,57)58)42-41-25-9-7-24(8-10-25)39-40-26-11-13-29(14-12-26)62(50,51)52/h1-21,47-49H,(H,50,51,52)(H,53,54,55)(H,56,57,58)(H,59,60,61)/b2-1+,40-39?,42-41?,45-44?,46-43?. The molecule has 0 aliphatic rings. The van der Waals surface area contributed by atoms with Gasteiger partial charge in [0.2, 0.25) is 0 Å². The van der Waals surface area contributed by atoms with Crippen LogP contribution in [0.2, 0.25) is 0 Å². The van der Waals surface area contributed by atoms with E-state index in [1.807, 2.05) is 0 Å². The lowest BCUT2D eigenvalue weighted by Gasteiger charge is -2.07. The lowest BCUT2D eigenvalue weighted by molar-refractivity contribution is 0.453. The van der Waals surface area contributed by atoms with Crippen molar-refractivity contribution in [3.63, 3.8) is 0 Å². The molecule has 6 aromatic carbocycles. The van der Waals surface area contributed by atoms with E-state index < -0.39 is 83.8 Å². The second kappa shape index (κ2) is 18.7. The van der Waals surface area contributed by atoms with Crippen LogP contribution in [0.4, 0.5) is 45.5 Å². The molecule has 0 aliphatic heterocycles. The van der Waals surface area contributed by atoms with Gasteiger partial charge in [-0.2, -0.15) is 59.2 Å². The minimum Gasteiger partial charge on any atom is -0.506 e. The molecule has 0 amide bonds. The maximum absolute atomic E-state index is 12.4. The highest BCUT2D eigenvalue weighted by atomic mass is 32.2. The van der Waals surface area contributed by atoms with Crippen molar-refractivity contribution in [1.82, 2.24) is 0 Å². The fourth-order valence-corrected chi connectivity index (χ4v) is 7.66. The Morgan fingerprint density at radius 2 is 0.738 bits per heavy atom. The van der Waals surface area contributed by atoms with Gasteiger partial charge in [0.05, 0.1) is 38.2 Å². The molecule has 23 nitrogen and oxygen atoms in total. The van der Waals surface area contributed by atoms with Crippen LogP contribution >= 0.6 is 0 Å². The maximum atomic E-state index is 12.4. The summed E-state index contributed by atoms with van der Waals surface area (Å²) in [5.74, 6) is -2.00. The van der Waals surface area contributed by atoms with Gasteiger partial charge in [0.25, 0.3) is 40.5 Å². The van der Waals surface area contributed by atoms with Crippen LogP contribution in [0.3, 0.4) is 0 Å². The van der Waals surface area contributed by atoms with E-state index in [4.69, 9.17) is 4.55 Å². The van der Waals surface area contributed by atoms with Crippen LogP contribution in [0.5, 0.6) is 17.2 Å². The zero-order valence-electron chi connectivity index (χ0n) is 32.2. The summed E-state index contributed by atoms with van der Waals surface area (Å²) in [7, 11) is -19.0. The molecule has 27 heteroatoms. The van der Waals surface area contributed by atoms with E-state index in [-0.39, 0.29) is 33.1 Å². The van der Waals surface area contributed by atoms with Gasteiger partial charge < -0.3 is 15.3 Å². The number of hydrogen-bond acceptors (Lipinski definition) is 19. The van der Waals surface area contributed by atoms with Gasteiger partial charge in [-0.05, 0) is 114 Å². The van der Waals surface area contributed by atoms with E-state index in [1.54, 1.807) is 0 Å². The summed E-state index contributed by atoms with van der Waals surface area (Å²) in [5, 5.41) is 62.1. The van der Waals surface area contributed by atoms with Crippen molar-refractivity contribution >= 4 is 98.1 Å². The van der Waals surface area contributed by atoms with Crippen molar-refractivity contribution < 1.29 is 67.2 Å². The predicted octanol–water partition coefficient (Wildman–Crippen LogP) is 9.62. The molecule has 6 aromatic rings. The zero-order valence-corrected chi connectivity index (χ0v) is 35.5. The smallest absolute Gasteiger partial charge is 0.295 e. The van der Waals surface area contributed by atoms with E-state index in [9.17, 15) is 62.6 Å². The first-order valence-corrected chi connectivity index (χ1v) is 23.3. The molecule has 0 fully saturated rings. The average Bonchev–Trinajstić information content (AvgIpc) is 3.24. The maximum Gasteiger partial charge on any atom is 0.295 e. The van der Waals surface area contributed by atoms with Gasteiger partial charge in [-0.1, -0.05) is 24.3 Å². The summed E-state index contributed by atoms with van der Waals surface area (Å²) in [5.41, 5.74) is -0.994. The van der Waals surface area contributed by atoms with Gasteiger partial charge in [-0.15, -0.1) is 15.3 Å². The predicted molar refractivity (Wildman–Crippen MR) is 229 cm³/mol. The molecule has 0 bridgehead atoms. The van der Waals surface area contributed by atoms with E-state index in [0.29, 0.717) is 17.1 Å². The van der Waals surface area contributed by atoms with Crippen LogP contribution in [0, 0.1) is 0 Å². The van der Waals surface area contributed by atoms with E-state index >= 15 is 0 Å². The van der Waals surface area contributed by atoms with Crippen LogP contribution < -0.4 is 0 Å². The van der Waals surface area contributed by atoms with Crippen molar-refractivity contribution in [1.29, 1.82) is 0 Å². The topological polar surface area (TPSA) is 377 Å². The Labute approximate surface area is 367 Å². The number of rotatable bonds is 14. The molecule has 0 atom stereocenters. The van der Waals surface area contributed by atoms with Crippen LogP contribution in [-0.2, 0) is 40.5 Å². The summed E-state index contributed by atoms with van der Waals surface area (Å²) in [6, 6.07) is 22.6. The van der Waals surface area contributed by atoms with Crippen LogP contribution in [0.1, 0.15) is 11.1 Å². The summed E-state index contributed by atoms with van der Waals surface area (Å²) >= 11 is 0. The molecular formula is C38H28N8O15S4. The molecular weight excluding hydrogens is 937 g/mol. The molecule has 0 saturated heterocycles. The lowest BCUT2D eigenvalue weighted by atomic mass is 10.1. The number of aromatic hydroxyl groups is 3. The molecule has 6 rings (SSSR count). The molecule has 0 radical (unpaired) electrons. The highest BCUT2D eigenvalue weighted by molar-refractivity contribution is 7.86. The Morgan fingerprint density at radius 3 is 1.20 bits per heavy atom. The second-order valence-corrected chi connectivity index (χ2v) is 18.6. The molecule has 0 aliphatic carbocycles. The highest BCUT2D eigenvalue weighted by Crippen LogP contribution is 2.45. The van der Waals surface area contributed by atoms with Crippen molar-refractivity contribution in [2.24, 2.45) is 40.9 Å². The first-order valence-electron chi connectivity index (χ1n) is 17.6. The minimum absolute atomic E-state index is 0.0179.